The Hall–Kier alpha value is -1.04. The van der Waals surface area contributed by atoms with Crippen molar-refractivity contribution in [1.82, 2.24) is 9.78 Å². The summed E-state index contributed by atoms with van der Waals surface area (Å²) in [5, 5.41) is 4.10. The molecule has 2 N–H and O–H groups in total. The van der Waals surface area contributed by atoms with Gasteiger partial charge in [-0.2, -0.15) is 18.3 Å². The van der Waals surface area contributed by atoms with Gasteiger partial charge in [-0.15, -0.1) is 0 Å². The molecule has 6 heteroatoms. The van der Waals surface area contributed by atoms with Crippen molar-refractivity contribution >= 4 is 0 Å². The van der Waals surface area contributed by atoms with E-state index in [2.05, 4.69) is 5.10 Å². The minimum Gasteiger partial charge on any atom is -0.321 e. The highest BCUT2D eigenvalue weighted by molar-refractivity contribution is 5.19. The fourth-order valence-corrected chi connectivity index (χ4v) is 2.64. The van der Waals surface area contributed by atoms with Crippen LogP contribution in [0.4, 0.5) is 13.2 Å². The number of halogens is 3. The summed E-state index contributed by atoms with van der Waals surface area (Å²) < 4.78 is 40.1. The molecule has 1 saturated carbocycles. The Kier molecular flexibility index (Phi) is 3.40. The summed E-state index contributed by atoms with van der Waals surface area (Å²) in [6.45, 7) is 2.62. The zero-order chi connectivity index (χ0) is 13.4. The highest BCUT2D eigenvalue weighted by Crippen LogP contribution is 2.44. The van der Waals surface area contributed by atoms with Crippen LogP contribution in [0, 0.1) is 5.92 Å². The molecule has 1 fully saturated rings. The molecule has 0 aromatic carbocycles. The Morgan fingerprint density at radius 1 is 1.56 bits per heavy atom. The number of rotatable bonds is 2. The Bertz CT molecular complexity index is 413. The largest absolute Gasteiger partial charge is 0.391 e. The average molecular weight is 261 g/mol. The summed E-state index contributed by atoms with van der Waals surface area (Å²) in [6.07, 6.45) is 0.468. The van der Waals surface area contributed by atoms with Crippen molar-refractivity contribution in [1.29, 1.82) is 0 Å². The van der Waals surface area contributed by atoms with Gasteiger partial charge in [0.15, 0.2) is 0 Å². The molecule has 0 amide bonds. The number of nitrogens with two attached hydrogens (primary N) is 1. The summed E-state index contributed by atoms with van der Waals surface area (Å²) in [5.41, 5.74) is 6.02. The Morgan fingerprint density at radius 3 is 2.83 bits per heavy atom. The van der Waals surface area contributed by atoms with Crippen LogP contribution in [-0.2, 0) is 12.1 Å². The maximum atomic E-state index is 12.8. The number of aryl methyl sites for hydroxylation is 1. The monoisotopic (exact) mass is 261 g/mol. The molecule has 0 saturated heterocycles. The molecule has 1 aliphatic carbocycles. The van der Waals surface area contributed by atoms with Crippen LogP contribution in [0.1, 0.15) is 38.2 Å². The summed E-state index contributed by atoms with van der Waals surface area (Å²) in [6, 6.07) is 0. The van der Waals surface area contributed by atoms with Gasteiger partial charge in [0.2, 0.25) is 0 Å². The molecule has 102 valence electrons. The van der Waals surface area contributed by atoms with E-state index < -0.39 is 17.6 Å². The first-order valence-electron chi connectivity index (χ1n) is 6.23. The zero-order valence-corrected chi connectivity index (χ0v) is 10.4. The molecular weight excluding hydrogens is 243 g/mol. The summed E-state index contributed by atoms with van der Waals surface area (Å²) >= 11 is 0. The third-order valence-electron chi connectivity index (χ3n) is 3.78. The van der Waals surface area contributed by atoms with Gasteiger partial charge in [-0.1, -0.05) is 6.42 Å². The SMILES string of the molecule is CCn1cc(C2(N)CCCC(C(F)(F)F)C2)cn1. The predicted molar refractivity (Wildman–Crippen MR) is 61.8 cm³/mol. The van der Waals surface area contributed by atoms with Crippen LogP contribution in [0.25, 0.3) is 0 Å². The predicted octanol–water partition coefficient (Wildman–Crippen LogP) is 2.81. The van der Waals surface area contributed by atoms with Gasteiger partial charge in [0.1, 0.15) is 0 Å². The summed E-state index contributed by atoms with van der Waals surface area (Å²) in [7, 11) is 0. The van der Waals surface area contributed by atoms with Gasteiger partial charge < -0.3 is 5.73 Å². The second-order valence-electron chi connectivity index (χ2n) is 5.08. The van der Waals surface area contributed by atoms with Crippen LogP contribution in [0.3, 0.4) is 0 Å². The van der Waals surface area contributed by atoms with Crippen LogP contribution in [0.5, 0.6) is 0 Å². The zero-order valence-electron chi connectivity index (χ0n) is 10.4. The van der Waals surface area contributed by atoms with Gasteiger partial charge in [-0.05, 0) is 26.2 Å². The fraction of sp³-hybridized carbons (Fsp3) is 0.750. The van der Waals surface area contributed by atoms with Gasteiger partial charge in [0.05, 0.1) is 12.1 Å². The third kappa shape index (κ3) is 2.53. The van der Waals surface area contributed by atoms with Crippen molar-refractivity contribution in [3.63, 3.8) is 0 Å². The molecule has 2 unspecified atom stereocenters. The molecule has 1 aromatic heterocycles. The molecule has 0 aliphatic heterocycles. The van der Waals surface area contributed by atoms with Crippen LogP contribution in [0.15, 0.2) is 12.4 Å². The van der Waals surface area contributed by atoms with Gasteiger partial charge in [-0.3, -0.25) is 4.68 Å². The van der Waals surface area contributed by atoms with E-state index in [-0.39, 0.29) is 12.8 Å². The quantitative estimate of drug-likeness (QED) is 0.889. The van der Waals surface area contributed by atoms with E-state index in [9.17, 15) is 13.2 Å². The van der Waals surface area contributed by atoms with E-state index in [1.165, 1.54) is 0 Å². The average Bonchev–Trinajstić information content (AvgIpc) is 2.77. The van der Waals surface area contributed by atoms with E-state index >= 15 is 0 Å². The highest BCUT2D eigenvalue weighted by Gasteiger charge is 2.47. The number of hydrogen-bond acceptors (Lipinski definition) is 2. The smallest absolute Gasteiger partial charge is 0.321 e. The second-order valence-corrected chi connectivity index (χ2v) is 5.08. The van der Waals surface area contributed by atoms with Crippen molar-refractivity contribution in [3.05, 3.63) is 18.0 Å². The molecule has 1 aromatic rings. The topological polar surface area (TPSA) is 43.8 Å². The Balaban J connectivity index is 2.20. The molecule has 3 nitrogen and oxygen atoms in total. The van der Waals surface area contributed by atoms with Crippen LogP contribution in [0.2, 0.25) is 0 Å². The maximum Gasteiger partial charge on any atom is 0.391 e. The van der Waals surface area contributed by atoms with Crippen LogP contribution >= 0.6 is 0 Å². The second kappa shape index (κ2) is 4.57. The number of alkyl halides is 3. The van der Waals surface area contributed by atoms with Crippen molar-refractivity contribution in [2.75, 3.05) is 0 Å². The van der Waals surface area contributed by atoms with Crippen molar-refractivity contribution in [2.45, 2.75) is 50.9 Å². The van der Waals surface area contributed by atoms with E-state index in [0.717, 1.165) is 5.56 Å². The van der Waals surface area contributed by atoms with Crippen molar-refractivity contribution in [2.24, 2.45) is 11.7 Å². The van der Waals surface area contributed by atoms with Gasteiger partial charge in [-0.25, -0.2) is 0 Å². The number of aromatic nitrogens is 2. The summed E-state index contributed by atoms with van der Waals surface area (Å²) in [4.78, 5) is 0. The molecule has 18 heavy (non-hydrogen) atoms. The lowest BCUT2D eigenvalue weighted by Crippen LogP contribution is -2.44. The van der Waals surface area contributed by atoms with Crippen LogP contribution in [-0.4, -0.2) is 16.0 Å². The third-order valence-corrected chi connectivity index (χ3v) is 3.78. The fourth-order valence-electron chi connectivity index (χ4n) is 2.64. The van der Waals surface area contributed by atoms with E-state index in [1.54, 1.807) is 17.1 Å². The molecule has 2 atom stereocenters. The Morgan fingerprint density at radius 2 is 2.28 bits per heavy atom. The molecule has 2 rings (SSSR count). The number of hydrogen-bond donors (Lipinski definition) is 1. The minimum atomic E-state index is -4.15. The van der Waals surface area contributed by atoms with Gasteiger partial charge in [0.25, 0.3) is 0 Å². The normalized spacial score (nSPS) is 29.5. The number of nitrogens with zero attached hydrogens (tertiary/aromatic N) is 2. The highest BCUT2D eigenvalue weighted by atomic mass is 19.4. The first-order valence-corrected chi connectivity index (χ1v) is 6.23. The lowest BCUT2D eigenvalue weighted by atomic mass is 9.73. The first kappa shape index (κ1) is 13.4. The van der Waals surface area contributed by atoms with Gasteiger partial charge in [0, 0.05) is 23.8 Å². The molecule has 0 radical (unpaired) electrons. The molecule has 1 aliphatic rings. The first-order chi connectivity index (χ1) is 8.35. The van der Waals surface area contributed by atoms with E-state index in [0.29, 0.717) is 19.4 Å². The lowest BCUT2D eigenvalue weighted by molar-refractivity contribution is -0.187. The summed E-state index contributed by atoms with van der Waals surface area (Å²) in [5.74, 6) is -1.29. The molecule has 0 bridgehead atoms. The van der Waals surface area contributed by atoms with E-state index in [4.69, 9.17) is 5.73 Å². The molecular formula is C12H18F3N3. The van der Waals surface area contributed by atoms with Gasteiger partial charge >= 0.3 is 6.18 Å². The Labute approximate surface area is 104 Å². The minimum absolute atomic E-state index is 0.0358. The lowest BCUT2D eigenvalue weighted by Gasteiger charge is -2.38. The van der Waals surface area contributed by atoms with Crippen molar-refractivity contribution < 1.29 is 13.2 Å². The van der Waals surface area contributed by atoms with E-state index in [1.807, 2.05) is 6.92 Å². The molecule has 0 spiro atoms. The molecule has 1 heterocycles. The maximum absolute atomic E-state index is 12.8. The van der Waals surface area contributed by atoms with Crippen molar-refractivity contribution in [3.8, 4) is 0 Å². The van der Waals surface area contributed by atoms with Crippen LogP contribution < -0.4 is 5.73 Å². The standard InChI is InChI=1S/C12H18F3N3/c1-2-18-8-10(7-17-18)11(16)5-3-4-9(6-11)12(13,14)15/h7-9H,2-6,16H2,1H3.